The van der Waals surface area contributed by atoms with Crippen LogP contribution in [-0.4, -0.2) is 86.7 Å². The van der Waals surface area contributed by atoms with Crippen LogP contribution < -0.4 is 21.7 Å². The maximum absolute atomic E-state index is 14.2. The number of amides is 5. The number of nitrogens with two attached hydrogens (primary N) is 1. The van der Waals surface area contributed by atoms with Gasteiger partial charge in [-0.25, -0.2) is 4.68 Å². The SMILES string of the molecule is CC(C)C[C@H](NC(=O)[C@@H]1COCc2cnnn2CCCCCC(=O)N2CCC[C@H]2C(=O)N[C@@H](Cc2cccc3ccccc23)C(=O)N1)C(N)=O. The average Bonchev–Trinajstić information content (AvgIpc) is 3.76. The molecule has 3 aromatic rings. The highest BCUT2D eigenvalue weighted by molar-refractivity contribution is 5.96. The summed E-state index contributed by atoms with van der Waals surface area (Å²) in [6, 6.07) is 9.51. The number of primary amides is 1. The topological polar surface area (TPSA) is 191 Å². The van der Waals surface area contributed by atoms with E-state index in [0.29, 0.717) is 50.9 Å². The van der Waals surface area contributed by atoms with Crippen LogP contribution in [0.5, 0.6) is 0 Å². The summed E-state index contributed by atoms with van der Waals surface area (Å²) in [5.41, 5.74) is 7.13. The Labute approximate surface area is 291 Å². The van der Waals surface area contributed by atoms with E-state index in [1.165, 1.54) is 0 Å². The second-order valence-electron chi connectivity index (χ2n) is 13.6. The van der Waals surface area contributed by atoms with Crippen molar-refractivity contribution in [2.24, 2.45) is 11.7 Å². The normalized spacial score (nSPS) is 22.0. The molecule has 1 fully saturated rings. The fourth-order valence-electron chi connectivity index (χ4n) is 6.67. The molecule has 2 aliphatic rings. The molecule has 14 heteroatoms. The first-order valence-electron chi connectivity index (χ1n) is 17.5. The molecule has 5 rings (SSSR count). The van der Waals surface area contributed by atoms with E-state index in [-0.39, 0.29) is 31.5 Å². The minimum absolute atomic E-state index is 0.0586. The number of nitrogens with zero attached hydrogens (tertiary/aromatic N) is 4. The smallest absolute Gasteiger partial charge is 0.245 e. The summed E-state index contributed by atoms with van der Waals surface area (Å²) in [6.07, 6.45) is 5.69. The van der Waals surface area contributed by atoms with Gasteiger partial charge in [-0.1, -0.05) is 67.9 Å². The molecule has 50 heavy (non-hydrogen) atoms. The summed E-state index contributed by atoms with van der Waals surface area (Å²) >= 11 is 0. The van der Waals surface area contributed by atoms with E-state index in [2.05, 4.69) is 26.3 Å². The van der Waals surface area contributed by atoms with E-state index >= 15 is 0 Å². The van der Waals surface area contributed by atoms with E-state index in [1.54, 1.807) is 15.8 Å². The summed E-state index contributed by atoms with van der Waals surface area (Å²) in [5, 5.41) is 18.5. The zero-order valence-electron chi connectivity index (χ0n) is 28.8. The first kappa shape index (κ1) is 36.4. The molecule has 14 nitrogen and oxygen atoms in total. The molecular formula is C36H48N8O6. The number of hydrogen-bond acceptors (Lipinski definition) is 8. The molecule has 3 heterocycles. The lowest BCUT2D eigenvalue weighted by Gasteiger charge is -2.28. The van der Waals surface area contributed by atoms with Crippen LogP contribution in [0.15, 0.2) is 48.7 Å². The number of nitrogens with one attached hydrogen (secondary N) is 3. The molecule has 0 unspecified atom stereocenters. The van der Waals surface area contributed by atoms with E-state index in [9.17, 15) is 24.0 Å². The third-order valence-corrected chi connectivity index (χ3v) is 9.31. The maximum Gasteiger partial charge on any atom is 0.245 e. The van der Waals surface area contributed by atoms with E-state index < -0.39 is 47.8 Å². The third kappa shape index (κ3) is 9.43. The molecular weight excluding hydrogens is 640 g/mol. The van der Waals surface area contributed by atoms with Crippen molar-refractivity contribution in [1.29, 1.82) is 0 Å². The van der Waals surface area contributed by atoms with Gasteiger partial charge >= 0.3 is 0 Å². The van der Waals surface area contributed by atoms with Crippen LogP contribution in [0.2, 0.25) is 0 Å². The number of aromatic nitrogens is 3. The molecule has 5 N–H and O–H groups in total. The van der Waals surface area contributed by atoms with Crippen molar-refractivity contribution >= 4 is 40.3 Å². The molecule has 268 valence electrons. The van der Waals surface area contributed by atoms with Crippen LogP contribution in [0.1, 0.15) is 70.1 Å². The van der Waals surface area contributed by atoms with Gasteiger partial charge in [-0.05, 0) is 54.4 Å². The first-order chi connectivity index (χ1) is 24.1. The Morgan fingerprint density at radius 3 is 2.60 bits per heavy atom. The number of carbonyl (C=O) groups is 5. The van der Waals surface area contributed by atoms with E-state index in [4.69, 9.17) is 10.5 Å². The number of benzene rings is 2. The van der Waals surface area contributed by atoms with Gasteiger partial charge in [-0.3, -0.25) is 24.0 Å². The quantitative estimate of drug-likeness (QED) is 0.289. The van der Waals surface area contributed by atoms with Crippen molar-refractivity contribution in [3.8, 4) is 0 Å². The Bertz CT molecular complexity index is 1670. The van der Waals surface area contributed by atoms with Gasteiger partial charge in [0.2, 0.25) is 29.5 Å². The minimum atomic E-state index is -1.24. The van der Waals surface area contributed by atoms with Gasteiger partial charge in [0.25, 0.3) is 0 Å². The lowest BCUT2D eigenvalue weighted by atomic mass is 9.97. The van der Waals surface area contributed by atoms with Gasteiger partial charge < -0.3 is 31.3 Å². The highest BCUT2D eigenvalue weighted by Gasteiger charge is 2.37. The Hall–Kier alpha value is -4.85. The average molecular weight is 689 g/mol. The Morgan fingerprint density at radius 2 is 1.80 bits per heavy atom. The van der Waals surface area contributed by atoms with Crippen molar-refractivity contribution in [1.82, 2.24) is 35.8 Å². The molecule has 0 saturated carbocycles. The fourth-order valence-corrected chi connectivity index (χ4v) is 6.67. The second-order valence-corrected chi connectivity index (χ2v) is 13.6. The van der Waals surface area contributed by atoms with Crippen molar-refractivity contribution < 1.29 is 28.7 Å². The molecule has 0 spiro atoms. The van der Waals surface area contributed by atoms with Gasteiger partial charge in [0.15, 0.2) is 0 Å². The molecule has 0 bridgehead atoms. The molecule has 4 atom stereocenters. The standard InChI is InChI=1S/C36H48N8O6/c1-23(2)18-28(33(37)46)39-35(48)30-22-50-21-26-20-38-42-44(26)17-7-3-4-15-32(45)43-16-9-14-31(43)36(49)40-29(34(47)41-30)19-25-12-8-11-24-10-5-6-13-27(24)25/h5-6,8,10-13,20,23,28-31H,3-4,7,9,14-19,21-22H2,1-2H3,(H2,37,46)(H,39,48)(H,40,49)(H,41,47)/t28-,29-,30-,31-/m0/s1. The third-order valence-electron chi connectivity index (χ3n) is 9.31. The summed E-state index contributed by atoms with van der Waals surface area (Å²) in [7, 11) is 0. The molecule has 0 radical (unpaired) electrons. The molecule has 1 saturated heterocycles. The zero-order valence-corrected chi connectivity index (χ0v) is 28.8. The fraction of sp³-hybridized carbons (Fsp3) is 0.528. The van der Waals surface area contributed by atoms with Gasteiger partial charge in [0.1, 0.15) is 24.2 Å². The van der Waals surface area contributed by atoms with Crippen molar-refractivity contribution in [2.45, 2.75) is 103 Å². The lowest BCUT2D eigenvalue weighted by Crippen LogP contribution is -2.59. The van der Waals surface area contributed by atoms with Gasteiger partial charge in [-0.15, -0.1) is 5.10 Å². The molecule has 5 amide bonds. The molecule has 0 aliphatic carbocycles. The highest BCUT2D eigenvalue weighted by Crippen LogP contribution is 2.22. The van der Waals surface area contributed by atoms with Crippen LogP contribution in [-0.2, 0) is 48.3 Å². The van der Waals surface area contributed by atoms with Crippen LogP contribution in [0.3, 0.4) is 0 Å². The number of aryl methyl sites for hydroxylation is 1. The Morgan fingerprint density at radius 1 is 1.00 bits per heavy atom. The van der Waals surface area contributed by atoms with Crippen LogP contribution >= 0.6 is 0 Å². The molecule has 2 aromatic carbocycles. The predicted octanol–water partition coefficient (Wildman–Crippen LogP) is 1.74. The zero-order chi connectivity index (χ0) is 35.6. The first-order valence-corrected chi connectivity index (χ1v) is 17.5. The summed E-state index contributed by atoms with van der Waals surface area (Å²) in [6.45, 7) is 4.66. The Balaban J connectivity index is 1.46. The molecule has 1 aromatic heterocycles. The number of carbonyl (C=O) groups excluding carboxylic acids is 5. The van der Waals surface area contributed by atoms with Crippen LogP contribution in [0, 0.1) is 5.92 Å². The van der Waals surface area contributed by atoms with Gasteiger partial charge in [-0.2, -0.15) is 0 Å². The van der Waals surface area contributed by atoms with Gasteiger partial charge in [0, 0.05) is 25.9 Å². The lowest BCUT2D eigenvalue weighted by molar-refractivity contribution is -0.140. The van der Waals surface area contributed by atoms with E-state index in [0.717, 1.165) is 29.2 Å². The van der Waals surface area contributed by atoms with Crippen molar-refractivity contribution in [3.63, 3.8) is 0 Å². The summed E-state index contributed by atoms with van der Waals surface area (Å²) < 4.78 is 7.68. The van der Waals surface area contributed by atoms with Gasteiger partial charge in [0.05, 0.1) is 25.1 Å². The van der Waals surface area contributed by atoms with Crippen LogP contribution in [0.4, 0.5) is 0 Å². The highest BCUT2D eigenvalue weighted by atomic mass is 16.5. The van der Waals surface area contributed by atoms with Crippen molar-refractivity contribution in [3.05, 3.63) is 59.9 Å². The maximum atomic E-state index is 14.2. The summed E-state index contributed by atoms with van der Waals surface area (Å²) in [4.78, 5) is 68.9. The minimum Gasteiger partial charge on any atom is -0.372 e. The Kier molecular flexibility index (Phi) is 12.5. The predicted molar refractivity (Wildman–Crippen MR) is 185 cm³/mol. The summed E-state index contributed by atoms with van der Waals surface area (Å²) in [5.74, 6) is -2.41. The number of fused-ring (bicyclic) bond motifs is 3. The van der Waals surface area contributed by atoms with E-state index in [1.807, 2.05) is 56.3 Å². The largest absolute Gasteiger partial charge is 0.372 e. The van der Waals surface area contributed by atoms with Crippen LogP contribution in [0.25, 0.3) is 10.8 Å². The number of rotatable bonds is 7. The molecule has 2 aliphatic heterocycles. The monoisotopic (exact) mass is 688 g/mol. The number of hydrogen-bond donors (Lipinski definition) is 4. The second kappa shape index (κ2) is 17.2. The number of ether oxygens (including phenoxy) is 1. The van der Waals surface area contributed by atoms with Crippen molar-refractivity contribution in [2.75, 3.05) is 13.2 Å².